The van der Waals surface area contributed by atoms with E-state index in [1.54, 1.807) is 0 Å². The maximum Gasteiger partial charge on any atom is 0.273 e. The monoisotopic (exact) mass is 201 g/mol. The average Bonchev–Trinajstić information content (AvgIpc) is 1.94. The molecule has 12 heavy (non-hydrogen) atoms. The van der Waals surface area contributed by atoms with Gasteiger partial charge in [0.25, 0.3) is 12.3 Å². The summed E-state index contributed by atoms with van der Waals surface area (Å²) in [5, 5.41) is 1.94. The average molecular weight is 201 g/mol. The lowest BCUT2D eigenvalue weighted by Gasteiger charge is -2.32. The summed E-state index contributed by atoms with van der Waals surface area (Å²) in [4.78, 5) is 0.0891. The van der Waals surface area contributed by atoms with Crippen LogP contribution < -0.4 is 5.32 Å². The molecule has 1 aliphatic rings. The van der Waals surface area contributed by atoms with Gasteiger partial charge in [0.15, 0.2) is 6.04 Å². The number of halogens is 4. The summed E-state index contributed by atoms with van der Waals surface area (Å²) in [5.74, 6) is -3.35. The van der Waals surface area contributed by atoms with Crippen LogP contribution in [0.2, 0.25) is 0 Å². The molecule has 0 bridgehead atoms. The first-order chi connectivity index (χ1) is 5.43. The van der Waals surface area contributed by atoms with Gasteiger partial charge in [-0.15, -0.1) is 0 Å². The van der Waals surface area contributed by atoms with Crippen molar-refractivity contribution in [1.82, 2.24) is 5.32 Å². The second-order valence-corrected chi connectivity index (χ2v) is 3.13. The topological polar surface area (TPSA) is 12.0 Å². The summed E-state index contributed by atoms with van der Waals surface area (Å²) < 4.78 is 49.4. The number of alkyl halides is 4. The zero-order valence-corrected chi connectivity index (χ0v) is 6.81. The van der Waals surface area contributed by atoms with Crippen molar-refractivity contribution in [3.8, 4) is 0 Å². The quantitative estimate of drug-likeness (QED) is 0.514. The molecule has 6 heteroatoms. The first-order valence-corrected chi connectivity index (χ1v) is 3.79. The van der Waals surface area contributed by atoms with Gasteiger partial charge in [-0.25, -0.2) is 17.6 Å². The molecular weight excluding hydrogens is 194 g/mol. The van der Waals surface area contributed by atoms with Crippen LogP contribution in [0.15, 0.2) is 0 Å². The zero-order valence-electron chi connectivity index (χ0n) is 5.99. The Balaban J connectivity index is 2.72. The Morgan fingerprint density at radius 1 is 1.50 bits per heavy atom. The van der Waals surface area contributed by atoms with Crippen molar-refractivity contribution in [1.29, 1.82) is 0 Å². The lowest BCUT2D eigenvalue weighted by atomic mass is 10.0. The van der Waals surface area contributed by atoms with Crippen LogP contribution in [0.3, 0.4) is 0 Å². The van der Waals surface area contributed by atoms with Crippen LogP contribution in [-0.2, 0) is 0 Å². The van der Waals surface area contributed by atoms with Crippen molar-refractivity contribution < 1.29 is 17.6 Å². The van der Waals surface area contributed by atoms with Gasteiger partial charge in [-0.05, 0) is 0 Å². The van der Waals surface area contributed by atoms with E-state index in [0.29, 0.717) is 0 Å². The zero-order chi connectivity index (χ0) is 9.35. The molecule has 1 atom stereocenters. The summed E-state index contributed by atoms with van der Waals surface area (Å²) in [6.07, 6.45) is -3.70. The Morgan fingerprint density at radius 2 is 2.08 bits per heavy atom. The van der Waals surface area contributed by atoms with Crippen LogP contribution in [0.25, 0.3) is 0 Å². The van der Waals surface area contributed by atoms with Gasteiger partial charge in [0, 0.05) is 12.8 Å². The third kappa shape index (κ3) is 1.85. The second-order valence-electron chi connectivity index (χ2n) is 2.64. The van der Waals surface area contributed by atoms with Gasteiger partial charge in [-0.2, -0.15) is 0 Å². The third-order valence-corrected chi connectivity index (χ3v) is 2.03. The lowest BCUT2D eigenvalue weighted by molar-refractivity contribution is -0.0925. The fraction of sp³-hybridized carbons (Fsp3) is 0.833. The minimum Gasteiger partial charge on any atom is -0.366 e. The SMILES string of the molecule is FC(F)C1NC(=S)CCC1(F)F. The lowest BCUT2D eigenvalue weighted by Crippen LogP contribution is -2.55. The van der Waals surface area contributed by atoms with Crippen molar-refractivity contribution in [3.05, 3.63) is 0 Å². The van der Waals surface area contributed by atoms with Gasteiger partial charge in [0.1, 0.15) is 0 Å². The predicted octanol–water partition coefficient (Wildman–Crippen LogP) is 1.97. The van der Waals surface area contributed by atoms with Gasteiger partial charge in [0.05, 0.1) is 4.99 Å². The molecule has 0 aliphatic carbocycles. The molecular formula is C6H7F4NS. The van der Waals surface area contributed by atoms with Crippen molar-refractivity contribution in [2.24, 2.45) is 0 Å². The Hall–Kier alpha value is -0.390. The van der Waals surface area contributed by atoms with Crippen molar-refractivity contribution in [2.75, 3.05) is 0 Å². The van der Waals surface area contributed by atoms with Crippen molar-refractivity contribution in [3.63, 3.8) is 0 Å². The molecule has 1 aliphatic heterocycles. The van der Waals surface area contributed by atoms with Gasteiger partial charge >= 0.3 is 0 Å². The molecule has 0 spiro atoms. The summed E-state index contributed by atoms with van der Waals surface area (Å²) in [6, 6.07) is -2.11. The molecule has 0 aromatic heterocycles. The molecule has 1 unspecified atom stereocenters. The predicted molar refractivity (Wildman–Crippen MR) is 39.7 cm³/mol. The Morgan fingerprint density at radius 3 is 2.50 bits per heavy atom. The minimum absolute atomic E-state index is 0.0223. The number of piperidine rings is 1. The van der Waals surface area contributed by atoms with Crippen molar-refractivity contribution >= 4 is 17.2 Å². The molecule has 0 aromatic carbocycles. The summed E-state index contributed by atoms with van der Waals surface area (Å²) in [6.45, 7) is 0. The highest BCUT2D eigenvalue weighted by atomic mass is 32.1. The van der Waals surface area contributed by atoms with E-state index in [1.807, 2.05) is 5.32 Å². The van der Waals surface area contributed by atoms with Gasteiger partial charge in [-0.3, -0.25) is 0 Å². The summed E-state index contributed by atoms with van der Waals surface area (Å²) >= 11 is 4.53. The van der Waals surface area contributed by atoms with E-state index in [4.69, 9.17) is 0 Å². The molecule has 1 fully saturated rings. The van der Waals surface area contributed by atoms with Crippen LogP contribution in [-0.4, -0.2) is 23.4 Å². The fourth-order valence-electron chi connectivity index (χ4n) is 1.03. The number of thiocarbonyl (C=S) groups is 1. The molecule has 1 heterocycles. The van der Waals surface area contributed by atoms with Gasteiger partial charge in [0.2, 0.25) is 0 Å². The molecule has 0 radical (unpaired) electrons. The van der Waals surface area contributed by atoms with Gasteiger partial charge < -0.3 is 5.32 Å². The molecule has 70 valence electrons. The van der Waals surface area contributed by atoms with Crippen LogP contribution in [0.4, 0.5) is 17.6 Å². The summed E-state index contributed by atoms with van der Waals surface area (Å²) in [5.41, 5.74) is 0. The third-order valence-electron chi connectivity index (χ3n) is 1.71. The van der Waals surface area contributed by atoms with E-state index >= 15 is 0 Å². The first-order valence-electron chi connectivity index (χ1n) is 3.39. The fourth-order valence-corrected chi connectivity index (χ4v) is 1.26. The van der Waals surface area contributed by atoms with Gasteiger partial charge in [-0.1, -0.05) is 12.2 Å². The number of hydrogen-bond donors (Lipinski definition) is 1. The number of hydrogen-bond acceptors (Lipinski definition) is 1. The molecule has 1 saturated heterocycles. The van der Waals surface area contributed by atoms with Crippen molar-refractivity contribution in [2.45, 2.75) is 31.2 Å². The number of rotatable bonds is 1. The highest BCUT2D eigenvalue weighted by molar-refractivity contribution is 7.80. The second kappa shape index (κ2) is 3.16. The highest BCUT2D eigenvalue weighted by Crippen LogP contribution is 2.31. The summed E-state index contributed by atoms with van der Waals surface area (Å²) in [7, 11) is 0. The van der Waals surface area contributed by atoms with E-state index in [0.717, 1.165) is 0 Å². The standard InChI is InChI=1S/C6H7F4NS/c7-5(8)4-6(9,10)2-1-3(12)11-4/h4-5H,1-2H2,(H,11,12). The minimum atomic E-state index is -3.35. The molecule has 0 amide bonds. The Kier molecular flexibility index (Phi) is 2.55. The Bertz CT molecular complexity index is 194. The molecule has 1 nitrogen and oxygen atoms in total. The number of nitrogens with one attached hydrogen (secondary N) is 1. The maximum absolute atomic E-state index is 12.7. The molecule has 1 rings (SSSR count). The highest BCUT2D eigenvalue weighted by Gasteiger charge is 2.48. The largest absolute Gasteiger partial charge is 0.366 e. The van der Waals surface area contributed by atoms with Crippen LogP contribution in [0.5, 0.6) is 0 Å². The molecule has 0 aromatic rings. The molecule has 0 saturated carbocycles. The van der Waals surface area contributed by atoms with Crippen LogP contribution in [0, 0.1) is 0 Å². The first kappa shape index (κ1) is 9.70. The van der Waals surface area contributed by atoms with E-state index in [1.165, 1.54) is 0 Å². The normalized spacial score (nSPS) is 28.8. The van der Waals surface area contributed by atoms with E-state index in [2.05, 4.69) is 12.2 Å². The smallest absolute Gasteiger partial charge is 0.273 e. The van der Waals surface area contributed by atoms with E-state index < -0.39 is 24.8 Å². The maximum atomic E-state index is 12.7. The molecule has 1 N–H and O–H groups in total. The van der Waals surface area contributed by atoms with Crippen LogP contribution >= 0.6 is 12.2 Å². The van der Waals surface area contributed by atoms with E-state index in [-0.39, 0.29) is 11.4 Å². The van der Waals surface area contributed by atoms with Crippen LogP contribution in [0.1, 0.15) is 12.8 Å². The van der Waals surface area contributed by atoms with E-state index in [9.17, 15) is 17.6 Å². The Labute approximate surface area is 72.1 Å².